The first kappa shape index (κ1) is 14.9. The lowest BCUT2D eigenvalue weighted by Crippen LogP contribution is -2.04. The van der Waals surface area contributed by atoms with Crippen LogP contribution in [0.25, 0.3) is 0 Å². The van der Waals surface area contributed by atoms with Gasteiger partial charge >= 0.3 is 0 Å². The van der Waals surface area contributed by atoms with Gasteiger partial charge in [-0.2, -0.15) is 0 Å². The Hall–Kier alpha value is -1.52. The molecular formula is C15H14ClNO2S. The third-order valence-corrected chi connectivity index (χ3v) is 3.96. The molecule has 2 rings (SSSR count). The van der Waals surface area contributed by atoms with E-state index in [0.717, 1.165) is 5.03 Å². The summed E-state index contributed by atoms with van der Waals surface area (Å²) < 4.78 is 5.65. The fraction of sp³-hybridized carbons (Fsp3) is 0.200. The molecule has 0 unspecified atom stereocenters. The van der Waals surface area contributed by atoms with Gasteiger partial charge in [0.25, 0.3) is 0 Å². The number of Topliss-reactive ketones (excluding diaryl/α,β-unsaturated/α-hetero) is 1. The number of carbonyl (C=O) groups is 1. The molecule has 2 aromatic rings. The monoisotopic (exact) mass is 307 g/mol. The van der Waals surface area contributed by atoms with E-state index in [2.05, 4.69) is 4.98 Å². The van der Waals surface area contributed by atoms with Gasteiger partial charge in [-0.3, -0.25) is 4.79 Å². The first-order valence-corrected chi connectivity index (χ1v) is 7.51. The molecule has 0 fully saturated rings. The number of halogens is 1. The Morgan fingerprint density at radius 3 is 2.85 bits per heavy atom. The number of nitrogens with zero attached hydrogens (tertiary/aromatic N) is 1. The molecular weight excluding hydrogens is 294 g/mol. The minimum absolute atomic E-state index is 0.000948. The maximum atomic E-state index is 11.5. The van der Waals surface area contributed by atoms with Gasteiger partial charge in [0, 0.05) is 11.9 Å². The van der Waals surface area contributed by atoms with Crippen LogP contribution in [0.2, 0.25) is 5.02 Å². The third-order valence-electron chi connectivity index (χ3n) is 2.57. The summed E-state index contributed by atoms with van der Waals surface area (Å²) in [4.78, 5) is 15.6. The van der Waals surface area contributed by atoms with Crippen LogP contribution in [0.5, 0.6) is 5.75 Å². The van der Waals surface area contributed by atoms with Crippen molar-refractivity contribution in [3.8, 4) is 5.75 Å². The van der Waals surface area contributed by atoms with Gasteiger partial charge < -0.3 is 4.74 Å². The summed E-state index contributed by atoms with van der Waals surface area (Å²) in [6.07, 6.45) is 1.71. The first-order valence-electron chi connectivity index (χ1n) is 6.14. The average molecular weight is 308 g/mol. The zero-order valence-electron chi connectivity index (χ0n) is 11.0. The molecule has 0 aliphatic carbocycles. The van der Waals surface area contributed by atoms with Crippen LogP contribution in [0.4, 0.5) is 0 Å². The van der Waals surface area contributed by atoms with Gasteiger partial charge in [-0.15, -0.1) is 11.8 Å². The van der Waals surface area contributed by atoms with E-state index in [1.54, 1.807) is 24.4 Å². The van der Waals surface area contributed by atoms with Crippen molar-refractivity contribution in [3.05, 3.63) is 53.2 Å². The Morgan fingerprint density at radius 2 is 2.10 bits per heavy atom. The maximum Gasteiger partial charge on any atom is 0.163 e. The molecule has 0 spiro atoms. The molecule has 1 aromatic carbocycles. The molecule has 0 N–H and O–H groups in total. The molecule has 0 aliphatic rings. The highest BCUT2D eigenvalue weighted by Crippen LogP contribution is 2.24. The Balaban J connectivity index is 1.88. The number of ether oxygens (including phenoxy) is 1. The standard InChI is InChI=1S/C15H14ClNO2S/c1-11(18)12-5-2-3-7-14(12)19-9-10-20-15-13(16)6-4-8-17-15/h2-8H,9-10H2,1H3. The molecule has 1 aromatic heterocycles. The Kier molecular flexibility index (Phi) is 5.44. The zero-order valence-corrected chi connectivity index (χ0v) is 12.6. The summed E-state index contributed by atoms with van der Waals surface area (Å²) in [5.74, 6) is 1.33. The predicted octanol–water partition coefficient (Wildman–Crippen LogP) is 4.11. The van der Waals surface area contributed by atoms with Crippen LogP contribution in [0, 0.1) is 0 Å². The topological polar surface area (TPSA) is 39.2 Å². The summed E-state index contributed by atoms with van der Waals surface area (Å²) in [5.41, 5.74) is 0.605. The minimum Gasteiger partial charge on any atom is -0.492 e. The van der Waals surface area contributed by atoms with Crippen molar-refractivity contribution in [3.63, 3.8) is 0 Å². The van der Waals surface area contributed by atoms with Gasteiger partial charge in [0.2, 0.25) is 0 Å². The molecule has 104 valence electrons. The van der Waals surface area contributed by atoms with Gasteiger partial charge in [-0.25, -0.2) is 4.98 Å². The van der Waals surface area contributed by atoms with Crippen LogP contribution < -0.4 is 4.74 Å². The number of hydrogen-bond donors (Lipinski definition) is 0. The second-order valence-electron chi connectivity index (χ2n) is 4.04. The quantitative estimate of drug-likeness (QED) is 0.457. The lowest BCUT2D eigenvalue weighted by Gasteiger charge is -2.09. The highest BCUT2D eigenvalue weighted by molar-refractivity contribution is 7.99. The smallest absolute Gasteiger partial charge is 0.163 e. The van der Waals surface area contributed by atoms with Gasteiger partial charge in [0.1, 0.15) is 10.8 Å². The van der Waals surface area contributed by atoms with Crippen molar-refractivity contribution in [2.24, 2.45) is 0 Å². The summed E-state index contributed by atoms with van der Waals surface area (Å²) in [5, 5.41) is 1.43. The van der Waals surface area contributed by atoms with Gasteiger partial charge in [-0.05, 0) is 31.2 Å². The van der Waals surface area contributed by atoms with Crippen molar-refractivity contribution in [2.75, 3.05) is 12.4 Å². The lowest BCUT2D eigenvalue weighted by atomic mass is 10.1. The van der Waals surface area contributed by atoms with E-state index in [1.165, 1.54) is 18.7 Å². The molecule has 0 saturated carbocycles. The van der Waals surface area contributed by atoms with Crippen molar-refractivity contribution >= 4 is 29.1 Å². The number of ketones is 1. The van der Waals surface area contributed by atoms with E-state index < -0.39 is 0 Å². The number of thioether (sulfide) groups is 1. The van der Waals surface area contributed by atoms with Gasteiger partial charge in [0.05, 0.1) is 17.2 Å². The van der Waals surface area contributed by atoms with Crippen LogP contribution >= 0.6 is 23.4 Å². The van der Waals surface area contributed by atoms with E-state index in [1.807, 2.05) is 18.2 Å². The SMILES string of the molecule is CC(=O)c1ccccc1OCCSc1ncccc1Cl. The van der Waals surface area contributed by atoms with Gasteiger partial charge in [0.15, 0.2) is 5.78 Å². The van der Waals surface area contributed by atoms with Crippen molar-refractivity contribution in [1.29, 1.82) is 0 Å². The van der Waals surface area contributed by atoms with Crippen molar-refractivity contribution in [1.82, 2.24) is 4.98 Å². The number of pyridine rings is 1. The number of carbonyl (C=O) groups excluding carboxylic acids is 1. The van der Waals surface area contributed by atoms with Crippen LogP contribution in [-0.4, -0.2) is 23.1 Å². The van der Waals surface area contributed by atoms with E-state index in [0.29, 0.717) is 28.7 Å². The molecule has 0 atom stereocenters. The lowest BCUT2D eigenvalue weighted by molar-refractivity contribution is 0.101. The fourth-order valence-corrected chi connectivity index (χ4v) is 2.64. The maximum absolute atomic E-state index is 11.5. The van der Waals surface area contributed by atoms with Crippen LogP contribution in [-0.2, 0) is 0 Å². The second kappa shape index (κ2) is 7.31. The third kappa shape index (κ3) is 3.99. The normalized spacial score (nSPS) is 10.3. The van der Waals surface area contributed by atoms with Crippen molar-refractivity contribution in [2.45, 2.75) is 11.9 Å². The predicted molar refractivity (Wildman–Crippen MR) is 81.9 cm³/mol. The summed E-state index contributed by atoms with van der Waals surface area (Å²) >= 11 is 7.55. The Labute approximate surface area is 127 Å². The number of hydrogen-bond acceptors (Lipinski definition) is 4. The summed E-state index contributed by atoms with van der Waals surface area (Å²) in [7, 11) is 0. The molecule has 1 heterocycles. The Bertz CT molecular complexity index is 604. The average Bonchev–Trinajstić information content (AvgIpc) is 2.45. The van der Waals surface area contributed by atoms with Crippen LogP contribution in [0.15, 0.2) is 47.6 Å². The highest BCUT2D eigenvalue weighted by Gasteiger charge is 2.07. The number of aromatic nitrogens is 1. The number of benzene rings is 1. The summed E-state index contributed by atoms with van der Waals surface area (Å²) in [6.45, 7) is 2.02. The fourth-order valence-electron chi connectivity index (χ4n) is 1.65. The van der Waals surface area contributed by atoms with E-state index in [9.17, 15) is 4.79 Å². The molecule has 3 nitrogen and oxygen atoms in total. The highest BCUT2D eigenvalue weighted by atomic mass is 35.5. The van der Waals surface area contributed by atoms with E-state index in [4.69, 9.17) is 16.3 Å². The van der Waals surface area contributed by atoms with Crippen LogP contribution in [0.1, 0.15) is 17.3 Å². The Morgan fingerprint density at radius 1 is 1.30 bits per heavy atom. The largest absolute Gasteiger partial charge is 0.492 e. The first-order chi connectivity index (χ1) is 9.68. The molecule has 20 heavy (non-hydrogen) atoms. The zero-order chi connectivity index (χ0) is 14.4. The minimum atomic E-state index is 0.000948. The number of para-hydroxylation sites is 1. The molecule has 0 radical (unpaired) electrons. The van der Waals surface area contributed by atoms with Crippen molar-refractivity contribution < 1.29 is 9.53 Å². The van der Waals surface area contributed by atoms with Crippen LogP contribution in [0.3, 0.4) is 0 Å². The second-order valence-corrected chi connectivity index (χ2v) is 5.53. The molecule has 0 bridgehead atoms. The summed E-state index contributed by atoms with van der Waals surface area (Å²) in [6, 6.07) is 10.8. The van der Waals surface area contributed by atoms with E-state index >= 15 is 0 Å². The molecule has 0 saturated heterocycles. The number of rotatable bonds is 6. The van der Waals surface area contributed by atoms with Gasteiger partial charge in [-0.1, -0.05) is 23.7 Å². The molecule has 0 aliphatic heterocycles. The molecule has 5 heteroatoms. The van der Waals surface area contributed by atoms with E-state index in [-0.39, 0.29) is 5.78 Å². The molecule has 0 amide bonds.